The minimum atomic E-state index is -4.21. The summed E-state index contributed by atoms with van der Waals surface area (Å²) in [5, 5.41) is 9.59. The van der Waals surface area contributed by atoms with Gasteiger partial charge in [0.15, 0.2) is 5.79 Å². The summed E-state index contributed by atoms with van der Waals surface area (Å²) >= 11 is 1.79. The number of ether oxygens (including phenoxy) is 1. The number of alkyl halides is 5. The number of halogens is 5. The van der Waals surface area contributed by atoms with Crippen molar-refractivity contribution in [1.29, 1.82) is 0 Å². The van der Waals surface area contributed by atoms with E-state index in [4.69, 9.17) is 4.74 Å². The van der Waals surface area contributed by atoms with Crippen molar-refractivity contribution in [3.05, 3.63) is 0 Å². The van der Waals surface area contributed by atoms with Gasteiger partial charge in [-0.25, -0.2) is 0 Å². The highest BCUT2D eigenvalue weighted by Gasteiger charge is 2.66. The van der Waals surface area contributed by atoms with Crippen molar-refractivity contribution in [3.63, 3.8) is 0 Å². The van der Waals surface area contributed by atoms with E-state index in [1.54, 1.807) is 15.9 Å². The minimum Gasteiger partial charge on any atom is -0.366 e. The third-order valence-electron chi connectivity index (χ3n) is 4.04. The van der Waals surface area contributed by atoms with Gasteiger partial charge in [0.25, 0.3) is 0 Å². The number of rotatable bonds is 4. The minimum absolute atomic E-state index is 0.0249. The van der Waals surface area contributed by atoms with Crippen molar-refractivity contribution >= 4 is 15.9 Å². The van der Waals surface area contributed by atoms with E-state index in [1.165, 1.54) is 13.8 Å². The second-order valence-electron chi connectivity index (χ2n) is 6.07. The monoisotopic (exact) mass is 348 g/mol. The second kappa shape index (κ2) is 4.56. The summed E-state index contributed by atoms with van der Waals surface area (Å²) in [6.07, 6.45) is 0.522. The lowest BCUT2D eigenvalue weighted by atomic mass is 9.82. The van der Waals surface area contributed by atoms with E-state index >= 15 is 0 Å². The fourth-order valence-corrected chi connectivity index (χ4v) is 3.71. The molecule has 0 aliphatic heterocycles. The maximum Gasteiger partial charge on any atom is 0.363 e. The Hall–Kier alpha value is 0.120. The molecule has 112 valence electrons. The lowest BCUT2D eigenvalue weighted by Gasteiger charge is -2.38. The summed E-state index contributed by atoms with van der Waals surface area (Å²) < 4.78 is 58.9. The molecule has 2 bridgehead atoms. The highest BCUT2D eigenvalue weighted by molar-refractivity contribution is 9.10. The van der Waals surface area contributed by atoms with Crippen LogP contribution in [-0.2, 0) is 4.74 Å². The standard InChI is InChI=1S/C12H17BrF4O2/c1-10(2,18)19-9-5-6-3-7(9)8(4-6)11(14,15)12(13,16)17/h6-9,18H,3-5H2,1-2H3. The Balaban J connectivity index is 2.14. The lowest BCUT2D eigenvalue weighted by Crippen LogP contribution is -2.48. The van der Waals surface area contributed by atoms with E-state index in [1.807, 2.05) is 0 Å². The zero-order valence-electron chi connectivity index (χ0n) is 10.7. The second-order valence-corrected chi connectivity index (χ2v) is 7.06. The molecule has 0 saturated heterocycles. The average molecular weight is 349 g/mol. The van der Waals surface area contributed by atoms with Crippen molar-refractivity contribution < 1.29 is 27.4 Å². The molecule has 2 saturated carbocycles. The Kier molecular flexibility index (Phi) is 3.72. The van der Waals surface area contributed by atoms with Crippen LogP contribution < -0.4 is 0 Å². The summed E-state index contributed by atoms with van der Waals surface area (Å²) in [5.74, 6) is -7.61. The molecule has 0 aromatic carbocycles. The van der Waals surface area contributed by atoms with Gasteiger partial charge in [-0.3, -0.25) is 0 Å². The molecular formula is C12H17BrF4O2. The molecule has 2 fully saturated rings. The van der Waals surface area contributed by atoms with Crippen LogP contribution in [0.25, 0.3) is 0 Å². The SMILES string of the molecule is CC(C)(O)OC1CC2CC1C(C(F)(F)C(F)(F)Br)C2. The van der Waals surface area contributed by atoms with Gasteiger partial charge in [0.2, 0.25) is 0 Å². The first-order chi connectivity index (χ1) is 8.42. The van der Waals surface area contributed by atoms with Gasteiger partial charge in [-0.05, 0) is 60.9 Å². The number of fused-ring (bicyclic) bond motifs is 2. The predicted octanol–water partition coefficient (Wildman–Crippen LogP) is 3.77. The average Bonchev–Trinajstić information content (AvgIpc) is 2.71. The quantitative estimate of drug-likeness (QED) is 0.476. The van der Waals surface area contributed by atoms with Crippen LogP contribution in [0.2, 0.25) is 0 Å². The predicted molar refractivity (Wildman–Crippen MR) is 64.3 cm³/mol. The van der Waals surface area contributed by atoms with Crippen LogP contribution in [0.3, 0.4) is 0 Å². The van der Waals surface area contributed by atoms with E-state index in [0.29, 0.717) is 12.8 Å². The Morgan fingerprint density at radius 2 is 1.68 bits per heavy atom. The van der Waals surface area contributed by atoms with Crippen molar-refractivity contribution in [2.75, 3.05) is 0 Å². The topological polar surface area (TPSA) is 29.5 Å². The van der Waals surface area contributed by atoms with Gasteiger partial charge in [0.1, 0.15) is 0 Å². The van der Waals surface area contributed by atoms with Gasteiger partial charge in [-0.15, -0.1) is 0 Å². The molecular weight excluding hydrogens is 332 g/mol. The molecule has 0 amide bonds. The molecule has 0 radical (unpaired) electrons. The Morgan fingerprint density at radius 1 is 1.11 bits per heavy atom. The summed E-state index contributed by atoms with van der Waals surface area (Å²) in [4.78, 5) is -4.21. The summed E-state index contributed by atoms with van der Waals surface area (Å²) in [6, 6.07) is 0. The van der Waals surface area contributed by atoms with Crippen molar-refractivity contribution in [1.82, 2.24) is 0 Å². The number of hydrogen-bond acceptors (Lipinski definition) is 2. The van der Waals surface area contributed by atoms with Crippen molar-refractivity contribution in [3.8, 4) is 0 Å². The molecule has 0 spiro atoms. The first-order valence-corrected chi connectivity index (χ1v) is 7.06. The van der Waals surface area contributed by atoms with Gasteiger partial charge in [0.05, 0.1) is 6.10 Å². The van der Waals surface area contributed by atoms with Crippen LogP contribution in [-0.4, -0.2) is 27.8 Å². The molecule has 0 heterocycles. The van der Waals surface area contributed by atoms with Crippen molar-refractivity contribution in [2.24, 2.45) is 17.8 Å². The maximum absolute atomic E-state index is 13.8. The Morgan fingerprint density at radius 3 is 2.11 bits per heavy atom. The van der Waals surface area contributed by atoms with Gasteiger partial charge in [-0.1, -0.05) is 0 Å². The van der Waals surface area contributed by atoms with Crippen molar-refractivity contribution in [2.45, 2.75) is 55.8 Å². The number of hydrogen-bond donors (Lipinski definition) is 1. The van der Waals surface area contributed by atoms with Gasteiger partial charge in [0, 0.05) is 5.92 Å². The van der Waals surface area contributed by atoms with Crippen LogP contribution in [0.1, 0.15) is 33.1 Å². The number of aliphatic hydroxyl groups is 1. The molecule has 0 aromatic rings. The largest absolute Gasteiger partial charge is 0.366 e. The third-order valence-corrected chi connectivity index (χ3v) is 4.56. The van der Waals surface area contributed by atoms with E-state index in [-0.39, 0.29) is 12.3 Å². The molecule has 4 atom stereocenters. The fourth-order valence-electron chi connectivity index (χ4n) is 3.42. The molecule has 2 aliphatic carbocycles. The third kappa shape index (κ3) is 2.93. The first kappa shape index (κ1) is 15.5. The summed E-state index contributed by atoms with van der Waals surface area (Å²) in [7, 11) is 0. The van der Waals surface area contributed by atoms with E-state index in [0.717, 1.165) is 0 Å². The first-order valence-electron chi connectivity index (χ1n) is 6.26. The molecule has 2 aliphatic rings. The van der Waals surface area contributed by atoms with Crippen LogP contribution in [0, 0.1) is 17.8 Å². The summed E-state index contributed by atoms with van der Waals surface area (Å²) in [5.41, 5.74) is 0. The molecule has 1 N–H and O–H groups in total. The lowest BCUT2D eigenvalue weighted by molar-refractivity contribution is -0.242. The Bertz CT molecular complexity index is 351. The van der Waals surface area contributed by atoms with E-state index < -0.39 is 34.5 Å². The van der Waals surface area contributed by atoms with Crippen LogP contribution >= 0.6 is 15.9 Å². The fraction of sp³-hybridized carbons (Fsp3) is 1.00. The van der Waals surface area contributed by atoms with Crippen LogP contribution in [0.15, 0.2) is 0 Å². The molecule has 2 rings (SSSR count). The zero-order chi connectivity index (χ0) is 14.6. The van der Waals surface area contributed by atoms with Gasteiger partial charge >= 0.3 is 10.8 Å². The van der Waals surface area contributed by atoms with Gasteiger partial charge < -0.3 is 9.84 Å². The zero-order valence-corrected chi connectivity index (χ0v) is 12.3. The van der Waals surface area contributed by atoms with E-state index in [9.17, 15) is 22.7 Å². The highest BCUT2D eigenvalue weighted by Crippen LogP contribution is 2.59. The highest BCUT2D eigenvalue weighted by atomic mass is 79.9. The van der Waals surface area contributed by atoms with Gasteiger partial charge in [-0.2, -0.15) is 17.6 Å². The Labute approximate surface area is 117 Å². The maximum atomic E-state index is 13.8. The molecule has 0 aromatic heterocycles. The van der Waals surface area contributed by atoms with Crippen LogP contribution in [0.4, 0.5) is 17.6 Å². The summed E-state index contributed by atoms with van der Waals surface area (Å²) in [6.45, 7) is 2.82. The normalized spacial score (nSPS) is 36.0. The molecule has 2 nitrogen and oxygen atoms in total. The van der Waals surface area contributed by atoms with E-state index in [2.05, 4.69) is 0 Å². The molecule has 19 heavy (non-hydrogen) atoms. The molecule has 4 unspecified atom stereocenters. The smallest absolute Gasteiger partial charge is 0.363 e. The molecule has 7 heteroatoms. The van der Waals surface area contributed by atoms with Crippen LogP contribution in [0.5, 0.6) is 0 Å².